The average molecular weight is 271 g/mol. The number of rotatable bonds is 4. The average Bonchev–Trinajstić information content (AvgIpc) is 2.95. The molecule has 0 amide bonds. The summed E-state index contributed by atoms with van der Waals surface area (Å²) in [6, 6.07) is 7.53. The van der Waals surface area contributed by atoms with Gasteiger partial charge in [-0.1, -0.05) is 12.1 Å². The van der Waals surface area contributed by atoms with E-state index in [9.17, 15) is 0 Å². The first-order valence-corrected chi connectivity index (χ1v) is 5.97. The Hall–Kier alpha value is -2.83. The lowest BCUT2D eigenvalue weighted by Gasteiger charge is -2.10. The molecule has 3 rings (SSSR count). The molecule has 0 radical (unpaired) electrons. The molecule has 0 unspecified atom stereocenters. The predicted molar refractivity (Wildman–Crippen MR) is 74.5 cm³/mol. The number of ether oxygens (including phenoxy) is 2. The van der Waals surface area contributed by atoms with Crippen LogP contribution in [0.4, 0.5) is 11.6 Å². The molecule has 0 aliphatic carbocycles. The summed E-state index contributed by atoms with van der Waals surface area (Å²) < 4.78 is 10.5. The summed E-state index contributed by atoms with van der Waals surface area (Å²) in [6.45, 7) is 0. The van der Waals surface area contributed by atoms with Crippen LogP contribution in [-0.4, -0.2) is 34.4 Å². The lowest BCUT2D eigenvalue weighted by Crippen LogP contribution is -2.01. The monoisotopic (exact) mass is 271 g/mol. The Labute approximate surface area is 115 Å². The molecule has 0 saturated carbocycles. The molecule has 2 heterocycles. The summed E-state index contributed by atoms with van der Waals surface area (Å²) in [5.74, 6) is 1.57. The Morgan fingerprint density at radius 2 is 1.95 bits per heavy atom. The van der Waals surface area contributed by atoms with Gasteiger partial charge in [0.05, 0.1) is 26.1 Å². The third-order valence-corrected chi connectivity index (χ3v) is 2.82. The Morgan fingerprint density at radius 3 is 2.75 bits per heavy atom. The summed E-state index contributed by atoms with van der Waals surface area (Å²) in [6.07, 6.45) is 1.63. The first-order chi connectivity index (χ1) is 9.81. The molecule has 1 aromatic carbocycles. The molecule has 20 heavy (non-hydrogen) atoms. The van der Waals surface area contributed by atoms with Crippen LogP contribution in [0.25, 0.3) is 11.0 Å². The number of H-pyrrole nitrogens is 1. The second-order valence-electron chi connectivity index (χ2n) is 4.01. The van der Waals surface area contributed by atoms with Gasteiger partial charge in [-0.3, -0.25) is 5.10 Å². The Kier molecular flexibility index (Phi) is 3.08. The van der Waals surface area contributed by atoms with Crippen molar-refractivity contribution < 1.29 is 9.47 Å². The van der Waals surface area contributed by atoms with Gasteiger partial charge in [-0.2, -0.15) is 15.1 Å². The molecule has 0 spiro atoms. The molecule has 0 atom stereocenters. The number of anilines is 2. The van der Waals surface area contributed by atoms with Crippen molar-refractivity contribution in [2.75, 3.05) is 19.5 Å². The van der Waals surface area contributed by atoms with Crippen LogP contribution in [0.15, 0.2) is 30.5 Å². The molecule has 0 bridgehead atoms. The summed E-state index contributed by atoms with van der Waals surface area (Å²) >= 11 is 0. The van der Waals surface area contributed by atoms with Crippen LogP contribution in [0.1, 0.15) is 0 Å². The minimum atomic E-state index is 0.406. The molecule has 0 fully saturated rings. The van der Waals surface area contributed by atoms with Crippen molar-refractivity contribution >= 4 is 22.7 Å². The molecule has 0 aliphatic rings. The number of benzene rings is 1. The standard InChI is InChI=1S/C13H13N5O2/c1-19-10-6-4-3-5-9(10)15-13-16-11-8(7-14-18-11)12(17-13)20-2/h3-7H,1-2H3,(H2,14,15,16,17,18). The van der Waals surface area contributed by atoms with Crippen LogP contribution < -0.4 is 14.8 Å². The Balaban J connectivity index is 2.02. The fourth-order valence-electron chi connectivity index (χ4n) is 1.89. The normalized spacial score (nSPS) is 10.5. The topological polar surface area (TPSA) is 85.0 Å². The zero-order valence-corrected chi connectivity index (χ0v) is 11.0. The second-order valence-corrected chi connectivity index (χ2v) is 4.01. The third kappa shape index (κ3) is 2.09. The van der Waals surface area contributed by atoms with Gasteiger partial charge in [-0.15, -0.1) is 0 Å². The van der Waals surface area contributed by atoms with E-state index in [0.717, 1.165) is 11.1 Å². The maximum atomic E-state index is 5.28. The second kappa shape index (κ2) is 5.04. The number of aromatic nitrogens is 4. The van der Waals surface area contributed by atoms with E-state index in [1.54, 1.807) is 20.4 Å². The van der Waals surface area contributed by atoms with Crippen molar-refractivity contribution in [3.63, 3.8) is 0 Å². The van der Waals surface area contributed by atoms with E-state index in [1.807, 2.05) is 24.3 Å². The fraction of sp³-hybridized carbons (Fsp3) is 0.154. The van der Waals surface area contributed by atoms with Crippen molar-refractivity contribution in [1.82, 2.24) is 20.2 Å². The molecule has 2 N–H and O–H groups in total. The zero-order valence-electron chi connectivity index (χ0n) is 11.0. The van der Waals surface area contributed by atoms with Crippen LogP contribution in [0.2, 0.25) is 0 Å². The highest BCUT2D eigenvalue weighted by molar-refractivity contribution is 5.81. The predicted octanol–water partition coefficient (Wildman–Crippen LogP) is 2.11. The molecular formula is C13H13N5O2. The van der Waals surface area contributed by atoms with Crippen LogP contribution >= 0.6 is 0 Å². The van der Waals surface area contributed by atoms with Gasteiger partial charge in [0.25, 0.3) is 0 Å². The largest absolute Gasteiger partial charge is 0.495 e. The van der Waals surface area contributed by atoms with Gasteiger partial charge in [0.1, 0.15) is 11.1 Å². The van der Waals surface area contributed by atoms with Crippen LogP contribution in [0.3, 0.4) is 0 Å². The van der Waals surface area contributed by atoms with Gasteiger partial charge in [0.2, 0.25) is 11.8 Å². The fourth-order valence-corrected chi connectivity index (χ4v) is 1.89. The summed E-state index contributed by atoms with van der Waals surface area (Å²) in [5, 5.41) is 10.6. The molecule has 3 aromatic rings. The summed E-state index contributed by atoms with van der Waals surface area (Å²) in [7, 11) is 3.17. The van der Waals surface area contributed by atoms with Crippen LogP contribution in [0, 0.1) is 0 Å². The SMILES string of the molecule is COc1ccccc1Nc1nc(OC)c2cn[nH]c2n1. The Bertz CT molecular complexity index is 740. The minimum Gasteiger partial charge on any atom is -0.495 e. The van der Waals surface area contributed by atoms with Gasteiger partial charge >= 0.3 is 0 Å². The Morgan fingerprint density at radius 1 is 1.10 bits per heavy atom. The van der Waals surface area contributed by atoms with E-state index in [4.69, 9.17) is 9.47 Å². The van der Waals surface area contributed by atoms with E-state index in [1.165, 1.54) is 0 Å². The van der Waals surface area contributed by atoms with Crippen LogP contribution in [0.5, 0.6) is 11.6 Å². The van der Waals surface area contributed by atoms with Gasteiger partial charge in [0.15, 0.2) is 5.65 Å². The van der Waals surface area contributed by atoms with E-state index >= 15 is 0 Å². The molecular weight excluding hydrogens is 258 g/mol. The number of nitrogens with zero attached hydrogens (tertiary/aromatic N) is 3. The van der Waals surface area contributed by atoms with E-state index in [-0.39, 0.29) is 0 Å². The maximum Gasteiger partial charge on any atom is 0.232 e. The lowest BCUT2D eigenvalue weighted by molar-refractivity contribution is 0.403. The van der Waals surface area contributed by atoms with Crippen molar-refractivity contribution in [2.45, 2.75) is 0 Å². The zero-order chi connectivity index (χ0) is 13.9. The molecule has 0 saturated heterocycles. The minimum absolute atomic E-state index is 0.406. The number of hydrogen-bond donors (Lipinski definition) is 2. The van der Waals surface area contributed by atoms with Crippen molar-refractivity contribution in [3.8, 4) is 11.6 Å². The number of fused-ring (bicyclic) bond motifs is 1. The van der Waals surface area contributed by atoms with Crippen LogP contribution in [-0.2, 0) is 0 Å². The maximum absolute atomic E-state index is 5.28. The number of aromatic amines is 1. The van der Waals surface area contributed by atoms with Gasteiger partial charge in [-0.25, -0.2) is 0 Å². The van der Waals surface area contributed by atoms with Crippen molar-refractivity contribution in [1.29, 1.82) is 0 Å². The molecule has 2 aromatic heterocycles. The number of hydrogen-bond acceptors (Lipinski definition) is 6. The molecule has 0 aliphatic heterocycles. The van der Waals surface area contributed by atoms with E-state index in [2.05, 4.69) is 25.5 Å². The summed E-state index contributed by atoms with van der Waals surface area (Å²) in [4.78, 5) is 8.64. The summed E-state index contributed by atoms with van der Waals surface area (Å²) in [5.41, 5.74) is 1.38. The first-order valence-electron chi connectivity index (χ1n) is 5.97. The quantitative estimate of drug-likeness (QED) is 0.756. The van der Waals surface area contributed by atoms with Crippen molar-refractivity contribution in [3.05, 3.63) is 30.5 Å². The molecule has 7 nitrogen and oxygen atoms in total. The van der Waals surface area contributed by atoms with Gasteiger partial charge in [-0.05, 0) is 12.1 Å². The lowest BCUT2D eigenvalue weighted by atomic mass is 10.3. The molecule has 7 heteroatoms. The number of methoxy groups -OCH3 is 2. The number of nitrogens with one attached hydrogen (secondary N) is 2. The molecule has 102 valence electrons. The highest BCUT2D eigenvalue weighted by Crippen LogP contribution is 2.28. The van der Waals surface area contributed by atoms with Gasteiger partial charge in [0, 0.05) is 0 Å². The smallest absolute Gasteiger partial charge is 0.232 e. The van der Waals surface area contributed by atoms with E-state index < -0.39 is 0 Å². The highest BCUT2D eigenvalue weighted by Gasteiger charge is 2.11. The highest BCUT2D eigenvalue weighted by atomic mass is 16.5. The van der Waals surface area contributed by atoms with E-state index in [0.29, 0.717) is 23.2 Å². The van der Waals surface area contributed by atoms with Crippen molar-refractivity contribution in [2.24, 2.45) is 0 Å². The van der Waals surface area contributed by atoms with Gasteiger partial charge < -0.3 is 14.8 Å². The number of para-hydroxylation sites is 2. The first kappa shape index (κ1) is 12.2. The third-order valence-electron chi connectivity index (χ3n) is 2.82.